The molecule has 0 unspecified atom stereocenters. The summed E-state index contributed by atoms with van der Waals surface area (Å²) in [5.74, 6) is 0. The van der Waals surface area contributed by atoms with Crippen LogP contribution in [0.1, 0.15) is 142 Å². The Morgan fingerprint density at radius 1 is 0.639 bits per heavy atom. The number of quaternary nitrogens is 1. The van der Waals surface area contributed by atoms with Gasteiger partial charge in [0.1, 0.15) is 5.54 Å². The Kier molecular flexibility index (Phi) is 21.6. The molecule has 0 heterocycles. The van der Waals surface area contributed by atoms with Gasteiger partial charge in [-0.1, -0.05) is 129 Å². The van der Waals surface area contributed by atoms with E-state index in [1.165, 1.54) is 109 Å². The summed E-state index contributed by atoms with van der Waals surface area (Å²) in [5.41, 5.74) is 3.38. The number of rotatable bonds is 20. The molecule has 0 atom stereocenters. The lowest BCUT2D eigenvalue weighted by atomic mass is 9.78. The van der Waals surface area contributed by atoms with Gasteiger partial charge in [-0.15, -0.1) is 0 Å². The van der Waals surface area contributed by atoms with Crippen molar-refractivity contribution >= 4 is 0 Å². The number of benzene rings is 1. The zero-order valence-electron chi connectivity index (χ0n) is 24.6. The van der Waals surface area contributed by atoms with Gasteiger partial charge >= 0.3 is 0 Å². The third kappa shape index (κ3) is 14.1. The Morgan fingerprint density at radius 3 is 1.42 bits per heavy atom. The molecule has 0 bridgehead atoms. The molecule has 0 fully saturated rings. The Morgan fingerprint density at radius 2 is 1.03 bits per heavy atom. The molecule has 0 saturated carbocycles. The van der Waals surface area contributed by atoms with Gasteiger partial charge in [0.2, 0.25) is 0 Å². The summed E-state index contributed by atoms with van der Waals surface area (Å²) in [6.45, 7) is 10.7. The van der Waals surface area contributed by atoms with Crippen LogP contribution in [0.3, 0.4) is 0 Å². The summed E-state index contributed by atoms with van der Waals surface area (Å²) in [5, 5.41) is 0. The SMILES string of the molecule is CCCCCCCCCCCCCCCC[N+](C)(C)C(CC)(CC)c1ccccc1CC.[O-][I+2]([O-])[O-]. The van der Waals surface area contributed by atoms with E-state index in [0.29, 0.717) is 0 Å². The molecule has 5 heteroatoms. The van der Waals surface area contributed by atoms with Crippen molar-refractivity contribution in [1.29, 1.82) is 0 Å². The molecule has 1 aromatic carbocycles. The minimum atomic E-state index is -4.01. The number of unbranched alkanes of at least 4 members (excludes halogenated alkanes) is 13. The molecule has 36 heavy (non-hydrogen) atoms. The van der Waals surface area contributed by atoms with Crippen molar-refractivity contribution in [3.63, 3.8) is 0 Å². The molecule has 0 saturated heterocycles. The minimum absolute atomic E-state index is 0.239. The predicted molar refractivity (Wildman–Crippen MR) is 145 cm³/mol. The zero-order chi connectivity index (χ0) is 27.3. The van der Waals surface area contributed by atoms with Gasteiger partial charge in [0.25, 0.3) is 21.1 Å². The maximum atomic E-state index is 8.57. The lowest BCUT2D eigenvalue weighted by Crippen LogP contribution is -4.05. The normalized spacial score (nSPS) is 12.1. The molecule has 1 aromatic rings. The standard InChI is InChI=1S/C31H58N.IO3/c1-7-11-12-13-14-15-16-17-18-19-20-21-22-25-28-32(5,6)31(9-3,10-4)30-27-24-23-26-29(30)8-2;2-1(3)4/h23-24,26-27H,7-22,25,28H2,1-6H3;/q+1;-1. The van der Waals surface area contributed by atoms with E-state index in [1.54, 1.807) is 11.1 Å². The van der Waals surface area contributed by atoms with Crippen molar-refractivity contribution in [2.24, 2.45) is 0 Å². The summed E-state index contributed by atoms with van der Waals surface area (Å²) >= 11 is -4.01. The van der Waals surface area contributed by atoms with Crippen molar-refractivity contribution in [3.8, 4) is 0 Å². The third-order valence-electron chi connectivity index (χ3n) is 8.30. The maximum Gasteiger partial charge on any atom is 0.282 e. The number of halogens is 1. The average Bonchev–Trinajstić information content (AvgIpc) is 2.85. The molecule has 1 rings (SSSR count). The molecule has 212 valence electrons. The first kappa shape index (κ1) is 35.8. The van der Waals surface area contributed by atoms with Gasteiger partial charge in [0.05, 0.1) is 20.6 Å². The average molecular weight is 620 g/mol. The molecule has 0 spiro atoms. The number of nitrogens with zero attached hydrogens (tertiary/aromatic N) is 1. The Balaban J connectivity index is 0.00000283. The molecule has 0 aliphatic carbocycles. The van der Waals surface area contributed by atoms with Crippen LogP contribution in [0, 0.1) is 0 Å². The summed E-state index contributed by atoms with van der Waals surface area (Å²) in [6, 6.07) is 9.23. The van der Waals surface area contributed by atoms with Gasteiger partial charge in [-0.2, -0.15) is 0 Å². The van der Waals surface area contributed by atoms with E-state index >= 15 is 0 Å². The topological polar surface area (TPSA) is 69.2 Å². The zero-order valence-corrected chi connectivity index (χ0v) is 26.7. The second-order valence-electron chi connectivity index (χ2n) is 10.9. The van der Waals surface area contributed by atoms with Crippen LogP contribution in [0.25, 0.3) is 0 Å². The molecule has 4 nitrogen and oxygen atoms in total. The highest BCUT2D eigenvalue weighted by atomic mass is 127. The molecule has 0 amide bonds. The lowest BCUT2D eigenvalue weighted by Gasteiger charge is -2.49. The fourth-order valence-electron chi connectivity index (χ4n) is 6.01. The smallest absolute Gasteiger partial charge is 0.282 e. The fourth-order valence-corrected chi connectivity index (χ4v) is 6.01. The predicted octanol–water partition coefficient (Wildman–Crippen LogP) is 3.26. The van der Waals surface area contributed by atoms with Gasteiger partial charge in [-0.3, -0.25) is 0 Å². The van der Waals surface area contributed by atoms with Crippen molar-refractivity contribution in [2.75, 3.05) is 20.6 Å². The van der Waals surface area contributed by atoms with Crippen molar-refractivity contribution in [2.45, 2.75) is 142 Å². The molecule has 0 N–H and O–H groups in total. The van der Waals surface area contributed by atoms with Crippen LogP contribution in [0.4, 0.5) is 0 Å². The summed E-state index contributed by atoms with van der Waals surface area (Å²) in [6.07, 6.45) is 23.7. The van der Waals surface area contributed by atoms with Crippen molar-refractivity contribution < 1.29 is 35.9 Å². The quantitative estimate of drug-likeness (QED) is 0.128. The van der Waals surface area contributed by atoms with Crippen molar-refractivity contribution in [1.82, 2.24) is 0 Å². The van der Waals surface area contributed by atoms with Crippen LogP contribution in [-0.4, -0.2) is 25.1 Å². The Hall–Kier alpha value is -0.210. The Labute approximate surface area is 233 Å². The first-order valence-corrected chi connectivity index (χ1v) is 17.5. The monoisotopic (exact) mass is 619 g/mol. The minimum Gasteiger partial charge on any atom is -0.427 e. The fraction of sp³-hybridized carbons (Fsp3) is 0.806. The number of hydrogen-bond donors (Lipinski definition) is 0. The highest BCUT2D eigenvalue weighted by Gasteiger charge is 2.44. The first-order valence-electron chi connectivity index (χ1n) is 14.9. The van der Waals surface area contributed by atoms with Crippen molar-refractivity contribution in [3.05, 3.63) is 35.4 Å². The van der Waals surface area contributed by atoms with Crippen LogP contribution in [-0.2, 0) is 12.0 Å². The largest absolute Gasteiger partial charge is 0.427 e. The number of hydrogen-bond acceptors (Lipinski definition) is 3. The van der Waals surface area contributed by atoms with E-state index < -0.39 is 21.1 Å². The second kappa shape index (κ2) is 21.7. The van der Waals surface area contributed by atoms with E-state index in [4.69, 9.17) is 10.3 Å². The highest BCUT2D eigenvalue weighted by molar-refractivity contribution is 5.32. The molecular formula is C31H58INO3. The van der Waals surface area contributed by atoms with Gasteiger partial charge in [-0.25, -0.2) is 0 Å². The second-order valence-corrected chi connectivity index (χ2v) is 12.0. The van der Waals surface area contributed by atoms with Gasteiger partial charge in [0.15, 0.2) is 0 Å². The van der Waals surface area contributed by atoms with Crippen LogP contribution in [0.5, 0.6) is 0 Å². The van der Waals surface area contributed by atoms with Crippen LogP contribution >= 0.6 is 0 Å². The van der Waals surface area contributed by atoms with Gasteiger partial charge in [-0.05, 0) is 24.8 Å². The van der Waals surface area contributed by atoms with Gasteiger partial charge in [0, 0.05) is 18.4 Å². The van der Waals surface area contributed by atoms with Gasteiger partial charge < -0.3 is 14.8 Å². The highest BCUT2D eigenvalue weighted by Crippen LogP contribution is 2.41. The third-order valence-corrected chi connectivity index (χ3v) is 8.30. The number of aryl methyl sites for hydroxylation is 1. The summed E-state index contributed by atoms with van der Waals surface area (Å²) < 4.78 is 26.8. The first-order chi connectivity index (χ1) is 17.2. The summed E-state index contributed by atoms with van der Waals surface area (Å²) in [4.78, 5) is 0. The van der Waals surface area contributed by atoms with E-state index in [0.717, 1.165) is 10.9 Å². The molecule has 0 aliphatic heterocycles. The van der Waals surface area contributed by atoms with E-state index in [-0.39, 0.29) is 5.54 Å². The molecule has 0 aliphatic rings. The maximum absolute atomic E-state index is 8.57. The lowest BCUT2D eigenvalue weighted by molar-refractivity contribution is -1.73. The summed E-state index contributed by atoms with van der Waals surface area (Å²) in [7, 11) is 4.98. The van der Waals surface area contributed by atoms with Crippen LogP contribution < -0.4 is 31.4 Å². The molecular weight excluding hydrogens is 561 g/mol. The molecule has 0 radical (unpaired) electrons. The van der Waals surface area contributed by atoms with Crippen LogP contribution in [0.15, 0.2) is 24.3 Å². The van der Waals surface area contributed by atoms with Crippen LogP contribution in [0.2, 0.25) is 0 Å². The molecule has 0 aromatic heterocycles. The van der Waals surface area contributed by atoms with E-state index in [9.17, 15) is 0 Å². The van der Waals surface area contributed by atoms with E-state index in [1.807, 2.05) is 0 Å². The van der Waals surface area contributed by atoms with E-state index in [2.05, 4.69) is 66.1 Å². The Bertz CT molecular complexity index is 629.